The molecule has 0 unspecified atom stereocenters. The van der Waals surface area contributed by atoms with Crippen LogP contribution in [0.4, 0.5) is 0 Å². The summed E-state index contributed by atoms with van der Waals surface area (Å²) in [6.07, 6.45) is 1.77. The standard InChI is InChI=1S/C9H14N4/c1-11-9(10)13(2)7-8-5-3-4-6-12-8/h3-6H,7H2,1-2H3,(H2,10,11). The predicted molar refractivity (Wildman–Crippen MR) is 53.3 cm³/mol. The van der Waals surface area contributed by atoms with E-state index >= 15 is 0 Å². The van der Waals surface area contributed by atoms with Gasteiger partial charge in [0.15, 0.2) is 5.96 Å². The molecule has 13 heavy (non-hydrogen) atoms. The molecule has 0 aliphatic heterocycles. The van der Waals surface area contributed by atoms with Gasteiger partial charge in [-0.05, 0) is 12.1 Å². The molecular weight excluding hydrogens is 164 g/mol. The molecule has 0 spiro atoms. The van der Waals surface area contributed by atoms with E-state index in [1.165, 1.54) is 0 Å². The van der Waals surface area contributed by atoms with Crippen molar-refractivity contribution in [2.24, 2.45) is 10.7 Å². The maximum atomic E-state index is 5.61. The smallest absolute Gasteiger partial charge is 0.191 e. The van der Waals surface area contributed by atoms with Crippen LogP contribution in [0.3, 0.4) is 0 Å². The van der Waals surface area contributed by atoms with Crippen LogP contribution in [0.25, 0.3) is 0 Å². The Balaban J connectivity index is 2.60. The van der Waals surface area contributed by atoms with E-state index in [4.69, 9.17) is 5.73 Å². The van der Waals surface area contributed by atoms with Gasteiger partial charge in [-0.3, -0.25) is 9.98 Å². The minimum Gasteiger partial charge on any atom is -0.370 e. The van der Waals surface area contributed by atoms with E-state index in [1.54, 1.807) is 13.2 Å². The summed E-state index contributed by atoms with van der Waals surface area (Å²) >= 11 is 0. The average molecular weight is 178 g/mol. The molecule has 1 heterocycles. The molecule has 70 valence electrons. The third kappa shape index (κ3) is 2.74. The van der Waals surface area contributed by atoms with Crippen LogP contribution in [0.5, 0.6) is 0 Å². The topological polar surface area (TPSA) is 54.5 Å². The lowest BCUT2D eigenvalue weighted by Gasteiger charge is -2.16. The number of guanidine groups is 1. The van der Waals surface area contributed by atoms with E-state index in [2.05, 4.69) is 9.98 Å². The van der Waals surface area contributed by atoms with Gasteiger partial charge in [0.25, 0.3) is 0 Å². The molecular formula is C9H14N4. The summed E-state index contributed by atoms with van der Waals surface area (Å²) < 4.78 is 0. The lowest BCUT2D eigenvalue weighted by atomic mass is 10.3. The van der Waals surface area contributed by atoms with Crippen LogP contribution in [0.2, 0.25) is 0 Å². The van der Waals surface area contributed by atoms with Crippen molar-refractivity contribution < 1.29 is 0 Å². The van der Waals surface area contributed by atoms with Gasteiger partial charge in [0.05, 0.1) is 12.2 Å². The van der Waals surface area contributed by atoms with E-state index in [0.717, 1.165) is 5.69 Å². The summed E-state index contributed by atoms with van der Waals surface area (Å²) in [4.78, 5) is 9.91. The molecule has 0 bridgehead atoms. The summed E-state index contributed by atoms with van der Waals surface area (Å²) in [6.45, 7) is 0.685. The Kier molecular flexibility index (Phi) is 3.25. The van der Waals surface area contributed by atoms with Crippen LogP contribution < -0.4 is 5.73 Å². The number of pyridine rings is 1. The lowest BCUT2D eigenvalue weighted by Crippen LogP contribution is -2.33. The van der Waals surface area contributed by atoms with Crippen molar-refractivity contribution in [3.8, 4) is 0 Å². The van der Waals surface area contributed by atoms with Crippen molar-refractivity contribution in [3.63, 3.8) is 0 Å². The Morgan fingerprint density at radius 1 is 1.62 bits per heavy atom. The number of hydrogen-bond donors (Lipinski definition) is 1. The Hall–Kier alpha value is -1.58. The molecule has 4 heteroatoms. The van der Waals surface area contributed by atoms with Gasteiger partial charge in [0, 0.05) is 20.3 Å². The predicted octanol–water partition coefficient (Wildman–Crippen LogP) is 0.458. The lowest BCUT2D eigenvalue weighted by molar-refractivity contribution is 0.486. The molecule has 1 aromatic heterocycles. The van der Waals surface area contributed by atoms with Crippen molar-refractivity contribution >= 4 is 5.96 Å². The van der Waals surface area contributed by atoms with Crippen LogP contribution in [0, 0.1) is 0 Å². The maximum Gasteiger partial charge on any atom is 0.191 e. The number of hydrogen-bond acceptors (Lipinski definition) is 2. The molecule has 1 aromatic rings. The molecule has 0 amide bonds. The van der Waals surface area contributed by atoms with Crippen LogP contribution in [0.1, 0.15) is 5.69 Å². The number of aromatic nitrogens is 1. The minimum atomic E-state index is 0.519. The van der Waals surface area contributed by atoms with Gasteiger partial charge in [-0.2, -0.15) is 0 Å². The second-order valence-electron chi connectivity index (χ2n) is 2.76. The maximum absolute atomic E-state index is 5.61. The molecule has 0 aliphatic rings. The summed E-state index contributed by atoms with van der Waals surface area (Å²) in [5.41, 5.74) is 6.60. The number of nitrogens with two attached hydrogens (primary N) is 1. The molecule has 4 nitrogen and oxygen atoms in total. The van der Waals surface area contributed by atoms with E-state index in [-0.39, 0.29) is 0 Å². The van der Waals surface area contributed by atoms with Crippen molar-refractivity contribution in [1.82, 2.24) is 9.88 Å². The van der Waals surface area contributed by atoms with Gasteiger partial charge in [0.1, 0.15) is 0 Å². The monoisotopic (exact) mass is 178 g/mol. The van der Waals surface area contributed by atoms with Gasteiger partial charge in [-0.25, -0.2) is 0 Å². The first-order valence-corrected chi connectivity index (χ1v) is 4.07. The van der Waals surface area contributed by atoms with Crippen LogP contribution in [-0.4, -0.2) is 29.9 Å². The summed E-state index contributed by atoms with van der Waals surface area (Å²) in [6, 6.07) is 5.80. The summed E-state index contributed by atoms with van der Waals surface area (Å²) in [5, 5.41) is 0. The molecule has 1 rings (SSSR count). The summed E-state index contributed by atoms with van der Waals surface area (Å²) in [7, 11) is 3.56. The third-order valence-electron chi connectivity index (χ3n) is 1.75. The van der Waals surface area contributed by atoms with Gasteiger partial charge in [-0.15, -0.1) is 0 Å². The summed E-state index contributed by atoms with van der Waals surface area (Å²) in [5.74, 6) is 0.519. The van der Waals surface area contributed by atoms with Crippen molar-refractivity contribution in [2.45, 2.75) is 6.54 Å². The zero-order valence-corrected chi connectivity index (χ0v) is 7.94. The Bertz CT molecular complexity index is 281. The fourth-order valence-corrected chi connectivity index (χ4v) is 0.986. The fourth-order valence-electron chi connectivity index (χ4n) is 0.986. The molecule has 2 N–H and O–H groups in total. The van der Waals surface area contributed by atoms with E-state index in [1.807, 2.05) is 30.1 Å². The van der Waals surface area contributed by atoms with Crippen molar-refractivity contribution in [3.05, 3.63) is 30.1 Å². The van der Waals surface area contributed by atoms with E-state index in [0.29, 0.717) is 12.5 Å². The molecule has 0 saturated heterocycles. The van der Waals surface area contributed by atoms with Crippen molar-refractivity contribution in [1.29, 1.82) is 0 Å². The quantitative estimate of drug-likeness (QED) is 0.528. The first kappa shape index (κ1) is 9.51. The second-order valence-corrected chi connectivity index (χ2v) is 2.76. The van der Waals surface area contributed by atoms with Crippen LogP contribution in [0.15, 0.2) is 29.4 Å². The number of aliphatic imine (C=N–C) groups is 1. The molecule has 0 fully saturated rings. The van der Waals surface area contributed by atoms with Gasteiger partial charge >= 0.3 is 0 Å². The highest BCUT2D eigenvalue weighted by atomic mass is 15.2. The van der Waals surface area contributed by atoms with Gasteiger partial charge < -0.3 is 10.6 Å². The zero-order chi connectivity index (χ0) is 9.68. The Morgan fingerprint density at radius 3 is 2.92 bits per heavy atom. The van der Waals surface area contributed by atoms with Crippen molar-refractivity contribution in [2.75, 3.05) is 14.1 Å². The SMILES string of the molecule is CN=C(N)N(C)Cc1ccccn1. The number of rotatable bonds is 2. The highest BCUT2D eigenvalue weighted by Crippen LogP contribution is 1.97. The number of nitrogens with zero attached hydrogens (tertiary/aromatic N) is 3. The highest BCUT2D eigenvalue weighted by molar-refractivity contribution is 5.77. The van der Waals surface area contributed by atoms with Crippen LogP contribution >= 0.6 is 0 Å². The molecule has 0 radical (unpaired) electrons. The fraction of sp³-hybridized carbons (Fsp3) is 0.333. The Labute approximate surface area is 78.1 Å². The molecule has 0 aromatic carbocycles. The average Bonchev–Trinajstić information content (AvgIpc) is 2.18. The highest BCUT2D eigenvalue weighted by Gasteiger charge is 2.01. The minimum absolute atomic E-state index is 0.519. The second kappa shape index (κ2) is 4.45. The van der Waals surface area contributed by atoms with Crippen LogP contribution in [-0.2, 0) is 6.54 Å². The molecule has 0 aliphatic carbocycles. The third-order valence-corrected chi connectivity index (χ3v) is 1.75. The first-order chi connectivity index (χ1) is 6.24. The normalized spacial score (nSPS) is 11.4. The molecule has 0 atom stereocenters. The first-order valence-electron chi connectivity index (χ1n) is 4.07. The van der Waals surface area contributed by atoms with E-state index in [9.17, 15) is 0 Å². The van der Waals surface area contributed by atoms with E-state index < -0.39 is 0 Å². The van der Waals surface area contributed by atoms with Gasteiger partial charge in [0.2, 0.25) is 0 Å². The van der Waals surface area contributed by atoms with Gasteiger partial charge in [-0.1, -0.05) is 6.07 Å². The molecule has 0 saturated carbocycles. The largest absolute Gasteiger partial charge is 0.370 e. The zero-order valence-electron chi connectivity index (χ0n) is 7.94. The Morgan fingerprint density at radius 2 is 2.38 bits per heavy atom.